The normalized spacial score (nSPS) is 17.0. The van der Waals surface area contributed by atoms with Gasteiger partial charge in [0.1, 0.15) is 6.04 Å². The maximum Gasteiger partial charge on any atom is 0.322 e. The van der Waals surface area contributed by atoms with Gasteiger partial charge in [-0.3, -0.25) is 14.9 Å². The number of hydrogen-bond donors (Lipinski definition) is 2. The molecule has 0 unspecified atom stereocenters. The second-order valence-corrected chi connectivity index (χ2v) is 5.35. The van der Waals surface area contributed by atoms with E-state index in [0.717, 1.165) is 12.0 Å². The fraction of sp³-hybridized carbons (Fsp3) is 0.438. The van der Waals surface area contributed by atoms with Gasteiger partial charge < -0.3 is 10.2 Å². The first-order chi connectivity index (χ1) is 10.6. The standard InChI is InChI=1S/C16H21N3O3/c1-2-10-19(11-12-6-4-3-5-7-12)14(20)9-8-13-15(21)18-16(22)17-13/h3-7,13H,2,8-11H2,1H3,(H2,17,18,21,22)/t13-/m0/s1. The first-order valence-electron chi connectivity index (χ1n) is 7.53. The van der Waals surface area contributed by atoms with Gasteiger partial charge in [0.2, 0.25) is 5.91 Å². The van der Waals surface area contributed by atoms with Crippen molar-refractivity contribution in [2.24, 2.45) is 0 Å². The molecule has 0 aromatic heterocycles. The van der Waals surface area contributed by atoms with Gasteiger partial charge in [-0.15, -0.1) is 0 Å². The van der Waals surface area contributed by atoms with Gasteiger partial charge in [-0.2, -0.15) is 0 Å². The van der Waals surface area contributed by atoms with Crippen molar-refractivity contribution in [3.8, 4) is 0 Å². The maximum atomic E-state index is 12.4. The average molecular weight is 303 g/mol. The van der Waals surface area contributed by atoms with E-state index in [0.29, 0.717) is 19.5 Å². The van der Waals surface area contributed by atoms with Crippen molar-refractivity contribution in [3.63, 3.8) is 0 Å². The zero-order chi connectivity index (χ0) is 15.9. The Balaban J connectivity index is 1.89. The third-order valence-corrected chi connectivity index (χ3v) is 3.57. The smallest absolute Gasteiger partial charge is 0.322 e. The SMILES string of the molecule is CCCN(Cc1ccccc1)C(=O)CC[C@@H]1NC(=O)NC1=O. The fourth-order valence-corrected chi connectivity index (χ4v) is 2.45. The molecule has 0 saturated carbocycles. The van der Waals surface area contributed by atoms with Crippen molar-refractivity contribution in [1.82, 2.24) is 15.5 Å². The maximum absolute atomic E-state index is 12.4. The van der Waals surface area contributed by atoms with Gasteiger partial charge in [-0.05, 0) is 18.4 Å². The molecule has 6 nitrogen and oxygen atoms in total. The zero-order valence-corrected chi connectivity index (χ0v) is 12.7. The van der Waals surface area contributed by atoms with Crippen LogP contribution in [0.2, 0.25) is 0 Å². The first kappa shape index (κ1) is 16.0. The van der Waals surface area contributed by atoms with Gasteiger partial charge in [0, 0.05) is 19.5 Å². The molecule has 2 N–H and O–H groups in total. The summed E-state index contributed by atoms with van der Waals surface area (Å²) in [5, 5.41) is 4.68. The largest absolute Gasteiger partial charge is 0.338 e. The molecular formula is C16H21N3O3. The molecule has 1 atom stereocenters. The van der Waals surface area contributed by atoms with E-state index in [4.69, 9.17) is 0 Å². The van der Waals surface area contributed by atoms with Crippen molar-refractivity contribution in [3.05, 3.63) is 35.9 Å². The number of nitrogens with one attached hydrogen (secondary N) is 2. The Morgan fingerprint density at radius 3 is 2.55 bits per heavy atom. The predicted molar refractivity (Wildman–Crippen MR) is 81.8 cm³/mol. The Hall–Kier alpha value is -2.37. The summed E-state index contributed by atoms with van der Waals surface area (Å²) in [5.74, 6) is -0.359. The molecule has 22 heavy (non-hydrogen) atoms. The minimum Gasteiger partial charge on any atom is -0.338 e. The Morgan fingerprint density at radius 1 is 1.23 bits per heavy atom. The summed E-state index contributed by atoms with van der Waals surface area (Å²) in [6, 6.07) is 8.72. The van der Waals surface area contributed by atoms with E-state index in [2.05, 4.69) is 10.6 Å². The van der Waals surface area contributed by atoms with Gasteiger partial charge in [-0.25, -0.2) is 4.79 Å². The summed E-state index contributed by atoms with van der Waals surface area (Å²) in [5.41, 5.74) is 1.08. The lowest BCUT2D eigenvalue weighted by molar-refractivity contribution is -0.132. The summed E-state index contributed by atoms with van der Waals surface area (Å²) < 4.78 is 0. The van der Waals surface area contributed by atoms with Crippen LogP contribution in [0.15, 0.2) is 30.3 Å². The van der Waals surface area contributed by atoms with Crippen molar-refractivity contribution in [2.75, 3.05) is 6.54 Å². The highest BCUT2D eigenvalue weighted by atomic mass is 16.2. The summed E-state index contributed by atoms with van der Waals surface area (Å²) in [7, 11) is 0. The van der Waals surface area contributed by atoms with E-state index >= 15 is 0 Å². The second kappa shape index (κ2) is 7.59. The molecular weight excluding hydrogens is 282 g/mol. The molecule has 0 radical (unpaired) electrons. The van der Waals surface area contributed by atoms with Crippen LogP contribution in [-0.4, -0.2) is 35.3 Å². The number of amides is 4. The Kier molecular flexibility index (Phi) is 5.52. The summed E-state index contributed by atoms with van der Waals surface area (Å²) >= 11 is 0. The minimum absolute atomic E-state index is 0.000322. The van der Waals surface area contributed by atoms with Crippen molar-refractivity contribution >= 4 is 17.8 Å². The van der Waals surface area contributed by atoms with Crippen LogP contribution in [0.1, 0.15) is 31.7 Å². The summed E-state index contributed by atoms with van der Waals surface area (Å²) in [6.07, 6.45) is 1.44. The van der Waals surface area contributed by atoms with Crippen molar-refractivity contribution in [2.45, 2.75) is 38.8 Å². The van der Waals surface area contributed by atoms with E-state index < -0.39 is 12.1 Å². The number of hydrogen-bond acceptors (Lipinski definition) is 3. The molecule has 6 heteroatoms. The molecule has 1 fully saturated rings. The zero-order valence-electron chi connectivity index (χ0n) is 12.7. The molecule has 1 aliphatic heterocycles. The highest BCUT2D eigenvalue weighted by Crippen LogP contribution is 2.10. The molecule has 1 aromatic rings. The Labute approximate surface area is 129 Å². The predicted octanol–water partition coefficient (Wildman–Crippen LogP) is 1.41. The summed E-state index contributed by atoms with van der Waals surface area (Å²) in [4.78, 5) is 36.7. The number of rotatable bonds is 7. The van der Waals surface area contributed by atoms with Crippen LogP contribution in [-0.2, 0) is 16.1 Å². The highest BCUT2D eigenvalue weighted by molar-refractivity contribution is 6.04. The van der Waals surface area contributed by atoms with Gasteiger partial charge in [0.05, 0.1) is 0 Å². The van der Waals surface area contributed by atoms with Crippen LogP contribution < -0.4 is 10.6 Å². The summed E-state index contributed by atoms with van der Waals surface area (Å²) in [6.45, 7) is 3.27. The van der Waals surface area contributed by atoms with E-state index in [1.165, 1.54) is 0 Å². The number of imide groups is 1. The lowest BCUT2D eigenvalue weighted by Crippen LogP contribution is -2.34. The second-order valence-electron chi connectivity index (χ2n) is 5.35. The van der Waals surface area contributed by atoms with Crippen LogP contribution >= 0.6 is 0 Å². The molecule has 1 saturated heterocycles. The monoisotopic (exact) mass is 303 g/mol. The van der Waals surface area contributed by atoms with Crippen molar-refractivity contribution in [1.29, 1.82) is 0 Å². The molecule has 0 bridgehead atoms. The lowest BCUT2D eigenvalue weighted by atomic mass is 10.1. The fourth-order valence-electron chi connectivity index (χ4n) is 2.45. The van der Waals surface area contributed by atoms with Crippen LogP contribution in [0.5, 0.6) is 0 Å². The quantitative estimate of drug-likeness (QED) is 0.748. The van der Waals surface area contributed by atoms with Gasteiger partial charge in [0.25, 0.3) is 5.91 Å². The molecule has 1 heterocycles. The molecule has 0 spiro atoms. The van der Waals surface area contributed by atoms with E-state index in [1.54, 1.807) is 4.90 Å². The number of nitrogens with zero attached hydrogens (tertiary/aromatic N) is 1. The van der Waals surface area contributed by atoms with E-state index in [9.17, 15) is 14.4 Å². The van der Waals surface area contributed by atoms with Gasteiger partial charge >= 0.3 is 6.03 Å². The average Bonchev–Trinajstić information content (AvgIpc) is 2.83. The first-order valence-corrected chi connectivity index (χ1v) is 7.53. The molecule has 1 aliphatic rings. The third-order valence-electron chi connectivity index (χ3n) is 3.57. The third kappa shape index (κ3) is 4.31. The topological polar surface area (TPSA) is 78.5 Å². The van der Waals surface area contributed by atoms with Crippen molar-refractivity contribution < 1.29 is 14.4 Å². The number of carbonyl (C=O) groups excluding carboxylic acids is 3. The molecule has 0 aliphatic carbocycles. The van der Waals surface area contributed by atoms with E-state index in [1.807, 2.05) is 37.3 Å². The molecule has 118 valence electrons. The van der Waals surface area contributed by atoms with Crippen LogP contribution in [0.4, 0.5) is 4.79 Å². The lowest BCUT2D eigenvalue weighted by Gasteiger charge is -2.22. The van der Waals surface area contributed by atoms with Crippen LogP contribution in [0, 0.1) is 0 Å². The number of carbonyl (C=O) groups is 3. The van der Waals surface area contributed by atoms with Crippen LogP contribution in [0.25, 0.3) is 0 Å². The van der Waals surface area contributed by atoms with Gasteiger partial charge in [-0.1, -0.05) is 37.3 Å². The minimum atomic E-state index is -0.600. The molecule has 4 amide bonds. The molecule has 2 rings (SSSR count). The number of urea groups is 1. The molecule has 1 aromatic carbocycles. The Bertz CT molecular complexity index is 545. The van der Waals surface area contributed by atoms with E-state index in [-0.39, 0.29) is 18.2 Å². The Morgan fingerprint density at radius 2 is 1.95 bits per heavy atom. The van der Waals surface area contributed by atoms with Crippen LogP contribution in [0.3, 0.4) is 0 Å². The number of benzene rings is 1. The van der Waals surface area contributed by atoms with Gasteiger partial charge in [0.15, 0.2) is 0 Å². The highest BCUT2D eigenvalue weighted by Gasteiger charge is 2.30.